The summed E-state index contributed by atoms with van der Waals surface area (Å²) in [5.74, 6) is -1.46. The molecule has 0 spiro atoms. The van der Waals surface area contributed by atoms with Crippen molar-refractivity contribution in [1.29, 1.82) is 0 Å². The summed E-state index contributed by atoms with van der Waals surface area (Å²) in [5.41, 5.74) is 1.51. The van der Waals surface area contributed by atoms with E-state index in [2.05, 4.69) is 4.98 Å². The second kappa shape index (κ2) is 5.34. The van der Waals surface area contributed by atoms with Crippen LogP contribution in [0, 0.1) is 0 Å². The highest BCUT2D eigenvalue weighted by molar-refractivity contribution is 8.03. The number of aliphatic hydroxyl groups is 1. The third-order valence-electron chi connectivity index (χ3n) is 3.39. The molecule has 2 N–H and O–H groups in total. The van der Waals surface area contributed by atoms with Crippen LogP contribution < -0.4 is 0 Å². The van der Waals surface area contributed by atoms with E-state index in [-0.39, 0.29) is 17.9 Å². The normalized spacial score (nSPS) is 26.1. The van der Waals surface area contributed by atoms with Crippen molar-refractivity contribution in [2.24, 2.45) is 0 Å². The zero-order chi connectivity index (χ0) is 15.0. The predicted molar refractivity (Wildman–Crippen MR) is 77.0 cm³/mol. The van der Waals surface area contributed by atoms with Crippen molar-refractivity contribution in [2.45, 2.75) is 11.4 Å². The lowest BCUT2D eigenvalue weighted by molar-refractivity contribution is -0.151. The molecule has 2 atom stereocenters. The number of pyridine rings is 1. The summed E-state index contributed by atoms with van der Waals surface area (Å²) < 4.78 is 0. The molecule has 0 radical (unpaired) electrons. The lowest BCUT2D eigenvalue weighted by Gasteiger charge is -2.47. The predicted octanol–water partition coefficient (Wildman–Crippen LogP) is 0.710. The first-order chi connectivity index (χ1) is 10.1. The Kier molecular flexibility index (Phi) is 3.52. The SMILES string of the molecule is O=C(O)C1C(CO)=CS[C@H]2C(=Cc3ccccn3)C(=O)N12. The van der Waals surface area contributed by atoms with E-state index in [9.17, 15) is 19.8 Å². The number of aromatic nitrogens is 1. The first kappa shape index (κ1) is 13.8. The van der Waals surface area contributed by atoms with E-state index in [1.165, 1.54) is 16.7 Å². The summed E-state index contributed by atoms with van der Waals surface area (Å²) in [4.78, 5) is 29.0. The number of carbonyl (C=O) groups excluding carboxylic acids is 1. The molecule has 0 saturated carbocycles. The Morgan fingerprint density at radius 1 is 1.48 bits per heavy atom. The third-order valence-corrected chi connectivity index (χ3v) is 4.56. The van der Waals surface area contributed by atoms with Gasteiger partial charge in [-0.3, -0.25) is 9.78 Å². The number of fused-ring (bicyclic) bond motifs is 1. The van der Waals surface area contributed by atoms with E-state index in [1.54, 1.807) is 29.8 Å². The number of nitrogens with zero attached hydrogens (tertiary/aromatic N) is 2. The number of aliphatic hydroxyl groups excluding tert-OH is 1. The number of aliphatic carboxylic acids is 1. The van der Waals surface area contributed by atoms with Gasteiger partial charge in [-0.05, 0) is 29.2 Å². The zero-order valence-corrected chi connectivity index (χ0v) is 11.7. The molecule has 108 valence electrons. The monoisotopic (exact) mass is 304 g/mol. The molecule has 1 unspecified atom stereocenters. The standard InChI is InChI=1S/C14H12N2O4S/c17-6-8-7-21-13-10(5-9-3-1-2-4-15-9)12(18)16(13)11(8)14(19)20/h1-5,7,11,13,17H,6H2,(H,19,20)/t11?,13-/m0/s1. The molecule has 1 fully saturated rings. The molecule has 1 amide bonds. The number of carbonyl (C=O) groups is 2. The summed E-state index contributed by atoms with van der Waals surface area (Å²) in [5, 5.41) is 19.8. The lowest BCUT2D eigenvalue weighted by Crippen LogP contribution is -2.62. The Hall–Kier alpha value is -2.12. The van der Waals surface area contributed by atoms with E-state index >= 15 is 0 Å². The lowest BCUT2D eigenvalue weighted by atomic mass is 9.97. The molecule has 0 aromatic carbocycles. The maximum absolute atomic E-state index is 12.2. The van der Waals surface area contributed by atoms with Gasteiger partial charge in [0.1, 0.15) is 5.37 Å². The second-order valence-electron chi connectivity index (χ2n) is 4.65. The minimum atomic E-state index is -1.13. The van der Waals surface area contributed by atoms with Crippen LogP contribution in [0.3, 0.4) is 0 Å². The average molecular weight is 304 g/mol. The number of hydrogen-bond donors (Lipinski definition) is 2. The molecule has 7 heteroatoms. The van der Waals surface area contributed by atoms with Crippen LogP contribution in [-0.4, -0.2) is 50.0 Å². The van der Waals surface area contributed by atoms with Crippen LogP contribution in [0.4, 0.5) is 0 Å². The molecule has 3 rings (SSSR count). The van der Waals surface area contributed by atoms with Gasteiger partial charge in [-0.25, -0.2) is 4.79 Å². The molecule has 1 aromatic heterocycles. The fourth-order valence-corrected chi connectivity index (χ4v) is 3.56. The highest BCUT2D eigenvalue weighted by Crippen LogP contribution is 2.43. The fourth-order valence-electron chi connectivity index (χ4n) is 2.39. The zero-order valence-electron chi connectivity index (χ0n) is 10.8. The van der Waals surface area contributed by atoms with Gasteiger partial charge in [0, 0.05) is 6.20 Å². The van der Waals surface area contributed by atoms with Crippen molar-refractivity contribution in [3.8, 4) is 0 Å². The minimum absolute atomic E-state index is 0.328. The quantitative estimate of drug-likeness (QED) is 0.631. The van der Waals surface area contributed by atoms with Gasteiger partial charge in [-0.2, -0.15) is 0 Å². The van der Waals surface area contributed by atoms with Crippen molar-refractivity contribution in [3.05, 3.63) is 46.6 Å². The number of carboxylic acids is 1. The molecule has 1 aromatic rings. The minimum Gasteiger partial charge on any atom is -0.479 e. The van der Waals surface area contributed by atoms with E-state index in [1.807, 2.05) is 6.07 Å². The smallest absolute Gasteiger partial charge is 0.330 e. The first-order valence-electron chi connectivity index (χ1n) is 6.27. The highest BCUT2D eigenvalue weighted by Gasteiger charge is 2.51. The van der Waals surface area contributed by atoms with Gasteiger partial charge >= 0.3 is 5.97 Å². The van der Waals surface area contributed by atoms with Gasteiger partial charge in [-0.1, -0.05) is 6.07 Å². The molecule has 6 nitrogen and oxygen atoms in total. The molecule has 1 saturated heterocycles. The van der Waals surface area contributed by atoms with Gasteiger partial charge in [0.25, 0.3) is 5.91 Å². The maximum atomic E-state index is 12.2. The molecule has 2 aliphatic rings. The molecular formula is C14H12N2O4S. The molecule has 2 aliphatic heterocycles. The number of hydrogen-bond acceptors (Lipinski definition) is 5. The van der Waals surface area contributed by atoms with Gasteiger partial charge in [0.05, 0.1) is 17.9 Å². The van der Waals surface area contributed by atoms with E-state index in [0.717, 1.165) is 0 Å². The Morgan fingerprint density at radius 3 is 2.90 bits per heavy atom. The summed E-state index contributed by atoms with van der Waals surface area (Å²) in [7, 11) is 0. The largest absolute Gasteiger partial charge is 0.479 e. The van der Waals surface area contributed by atoms with Crippen LogP contribution in [0.15, 0.2) is 41.0 Å². The molecule has 0 aliphatic carbocycles. The van der Waals surface area contributed by atoms with Gasteiger partial charge in [0.2, 0.25) is 0 Å². The van der Waals surface area contributed by atoms with Crippen LogP contribution in [0.2, 0.25) is 0 Å². The summed E-state index contributed by atoms with van der Waals surface area (Å²) in [6.07, 6.45) is 3.30. The van der Waals surface area contributed by atoms with Crippen molar-refractivity contribution >= 4 is 29.7 Å². The number of β-lactam (4-membered cyclic amide) rings is 1. The Labute approximate surface area is 124 Å². The van der Waals surface area contributed by atoms with Crippen LogP contribution in [0.5, 0.6) is 0 Å². The fraction of sp³-hybridized carbons (Fsp3) is 0.214. The van der Waals surface area contributed by atoms with Crippen LogP contribution in [0.25, 0.3) is 6.08 Å². The number of rotatable bonds is 3. The molecule has 21 heavy (non-hydrogen) atoms. The Bertz CT molecular complexity index is 656. The summed E-state index contributed by atoms with van der Waals surface area (Å²) in [6.45, 7) is -0.375. The van der Waals surface area contributed by atoms with Gasteiger partial charge in [0.15, 0.2) is 6.04 Å². The number of carboxylic acid groups (broad SMARTS) is 1. The van der Waals surface area contributed by atoms with E-state index < -0.39 is 12.0 Å². The molecule has 0 bridgehead atoms. The summed E-state index contributed by atoms with van der Waals surface area (Å²) >= 11 is 1.32. The van der Waals surface area contributed by atoms with Crippen molar-refractivity contribution in [1.82, 2.24) is 9.88 Å². The van der Waals surface area contributed by atoms with Gasteiger partial charge < -0.3 is 15.1 Å². The van der Waals surface area contributed by atoms with Crippen LogP contribution >= 0.6 is 11.8 Å². The van der Waals surface area contributed by atoms with Crippen molar-refractivity contribution < 1.29 is 19.8 Å². The highest BCUT2D eigenvalue weighted by atomic mass is 32.2. The summed E-state index contributed by atoms with van der Waals surface area (Å²) in [6, 6.07) is 4.29. The van der Waals surface area contributed by atoms with Crippen LogP contribution in [0.1, 0.15) is 5.69 Å². The van der Waals surface area contributed by atoms with Crippen molar-refractivity contribution in [2.75, 3.05) is 6.61 Å². The van der Waals surface area contributed by atoms with Crippen molar-refractivity contribution in [3.63, 3.8) is 0 Å². The van der Waals surface area contributed by atoms with E-state index in [0.29, 0.717) is 16.8 Å². The Morgan fingerprint density at radius 2 is 2.29 bits per heavy atom. The molecular weight excluding hydrogens is 292 g/mol. The topological polar surface area (TPSA) is 90.7 Å². The van der Waals surface area contributed by atoms with E-state index in [4.69, 9.17) is 0 Å². The second-order valence-corrected chi connectivity index (χ2v) is 5.60. The first-order valence-corrected chi connectivity index (χ1v) is 7.21. The van der Waals surface area contributed by atoms with Crippen LogP contribution in [-0.2, 0) is 9.59 Å². The maximum Gasteiger partial charge on any atom is 0.330 e. The number of thioether (sulfide) groups is 1. The average Bonchev–Trinajstić information content (AvgIpc) is 2.51. The molecule has 3 heterocycles. The number of amides is 1. The third kappa shape index (κ3) is 2.24. The van der Waals surface area contributed by atoms with Gasteiger partial charge in [-0.15, -0.1) is 11.8 Å². The Balaban J connectivity index is 1.92.